The molecule has 2 rings (SSSR count). The minimum atomic E-state index is 0.582. The molecular formula is C17H19ClN2OS. The van der Waals surface area contributed by atoms with Crippen molar-refractivity contribution in [3.63, 3.8) is 0 Å². The molecule has 116 valence electrons. The molecule has 0 heterocycles. The van der Waals surface area contributed by atoms with Gasteiger partial charge in [0.2, 0.25) is 0 Å². The molecule has 2 aromatic rings. The van der Waals surface area contributed by atoms with E-state index in [-0.39, 0.29) is 0 Å². The van der Waals surface area contributed by atoms with Crippen LogP contribution in [-0.4, -0.2) is 18.8 Å². The highest BCUT2D eigenvalue weighted by atomic mass is 35.5. The molecule has 0 aliphatic rings. The lowest BCUT2D eigenvalue weighted by Gasteiger charge is -2.11. The van der Waals surface area contributed by atoms with Crippen molar-refractivity contribution < 1.29 is 4.74 Å². The molecule has 2 aromatic carbocycles. The van der Waals surface area contributed by atoms with Crippen LogP contribution in [0.4, 0.5) is 5.69 Å². The van der Waals surface area contributed by atoms with Gasteiger partial charge in [0.25, 0.3) is 0 Å². The Morgan fingerprint density at radius 1 is 1.18 bits per heavy atom. The van der Waals surface area contributed by atoms with Crippen molar-refractivity contribution in [1.82, 2.24) is 5.32 Å². The summed E-state index contributed by atoms with van der Waals surface area (Å²) < 4.78 is 5.22. The number of hydrogen-bond donors (Lipinski definition) is 2. The minimum absolute atomic E-state index is 0.582. The van der Waals surface area contributed by atoms with E-state index in [9.17, 15) is 0 Å². The highest BCUT2D eigenvalue weighted by Crippen LogP contribution is 2.20. The van der Waals surface area contributed by atoms with Crippen LogP contribution in [0.2, 0.25) is 5.02 Å². The summed E-state index contributed by atoms with van der Waals surface area (Å²) in [6.07, 6.45) is 1.95. The van der Waals surface area contributed by atoms with Crippen molar-refractivity contribution in [2.75, 3.05) is 19.0 Å². The number of benzene rings is 2. The third-order valence-corrected chi connectivity index (χ3v) is 3.76. The summed E-state index contributed by atoms with van der Waals surface area (Å²) >= 11 is 11.3. The highest BCUT2D eigenvalue weighted by molar-refractivity contribution is 7.80. The number of hydrogen-bond acceptors (Lipinski definition) is 2. The van der Waals surface area contributed by atoms with E-state index in [0.29, 0.717) is 10.1 Å². The first-order valence-electron chi connectivity index (χ1n) is 7.11. The molecule has 0 saturated heterocycles. The molecule has 0 aliphatic carbocycles. The maximum absolute atomic E-state index is 6.08. The second-order valence-electron chi connectivity index (χ2n) is 4.82. The van der Waals surface area contributed by atoms with E-state index in [2.05, 4.69) is 22.8 Å². The summed E-state index contributed by atoms with van der Waals surface area (Å²) in [6.45, 7) is 0.799. The molecule has 5 heteroatoms. The minimum Gasteiger partial charge on any atom is -0.497 e. The quantitative estimate of drug-likeness (QED) is 0.610. The third kappa shape index (κ3) is 5.20. The van der Waals surface area contributed by atoms with Crippen molar-refractivity contribution in [1.29, 1.82) is 0 Å². The van der Waals surface area contributed by atoms with Gasteiger partial charge in [-0.25, -0.2) is 0 Å². The fourth-order valence-electron chi connectivity index (χ4n) is 2.05. The van der Waals surface area contributed by atoms with E-state index in [0.717, 1.165) is 30.8 Å². The lowest BCUT2D eigenvalue weighted by atomic mass is 10.1. The Hall–Kier alpha value is -1.78. The van der Waals surface area contributed by atoms with Gasteiger partial charge in [-0.2, -0.15) is 0 Å². The number of halogens is 1. The molecule has 0 radical (unpaired) electrons. The van der Waals surface area contributed by atoms with Crippen LogP contribution in [0.15, 0.2) is 48.5 Å². The molecule has 0 atom stereocenters. The van der Waals surface area contributed by atoms with Crippen LogP contribution in [0.5, 0.6) is 5.75 Å². The van der Waals surface area contributed by atoms with Gasteiger partial charge in [-0.3, -0.25) is 0 Å². The number of thiocarbonyl (C=S) groups is 1. The largest absolute Gasteiger partial charge is 0.497 e. The van der Waals surface area contributed by atoms with Gasteiger partial charge < -0.3 is 15.4 Å². The maximum atomic E-state index is 6.08. The Labute approximate surface area is 141 Å². The lowest BCUT2D eigenvalue weighted by Crippen LogP contribution is -2.29. The van der Waals surface area contributed by atoms with Gasteiger partial charge in [0.1, 0.15) is 5.75 Å². The number of anilines is 1. The van der Waals surface area contributed by atoms with Gasteiger partial charge in [0, 0.05) is 6.54 Å². The Morgan fingerprint density at radius 2 is 2.00 bits per heavy atom. The average molecular weight is 335 g/mol. The molecule has 22 heavy (non-hydrogen) atoms. The van der Waals surface area contributed by atoms with Crippen molar-refractivity contribution >= 4 is 34.6 Å². The Kier molecular flexibility index (Phi) is 6.49. The van der Waals surface area contributed by atoms with Gasteiger partial charge in [0.05, 0.1) is 17.8 Å². The molecule has 0 spiro atoms. The molecule has 0 bridgehead atoms. The Balaban J connectivity index is 1.72. The first-order valence-corrected chi connectivity index (χ1v) is 7.90. The number of ether oxygens (including phenoxy) is 1. The normalized spacial score (nSPS) is 10.1. The summed E-state index contributed by atoms with van der Waals surface area (Å²) in [5.41, 5.74) is 2.07. The van der Waals surface area contributed by atoms with Crippen molar-refractivity contribution in [3.05, 3.63) is 59.1 Å². The van der Waals surface area contributed by atoms with E-state index in [4.69, 9.17) is 28.6 Å². The average Bonchev–Trinajstić information content (AvgIpc) is 2.54. The SMILES string of the molecule is COc1cccc(CCCNC(=S)Nc2ccccc2Cl)c1. The zero-order valence-corrected chi connectivity index (χ0v) is 14.0. The summed E-state index contributed by atoms with van der Waals surface area (Å²) in [7, 11) is 1.68. The van der Waals surface area contributed by atoms with Crippen LogP contribution in [0, 0.1) is 0 Å². The molecule has 0 aliphatic heterocycles. The predicted molar refractivity (Wildman–Crippen MR) is 97.0 cm³/mol. The number of methoxy groups -OCH3 is 1. The van der Waals surface area contributed by atoms with Crippen LogP contribution < -0.4 is 15.4 Å². The van der Waals surface area contributed by atoms with Crippen molar-refractivity contribution in [3.8, 4) is 5.75 Å². The summed E-state index contributed by atoms with van der Waals surface area (Å²) in [5, 5.41) is 7.52. The molecule has 0 amide bonds. The third-order valence-electron chi connectivity index (χ3n) is 3.18. The fraction of sp³-hybridized carbons (Fsp3) is 0.235. The smallest absolute Gasteiger partial charge is 0.170 e. The molecular weight excluding hydrogens is 316 g/mol. The Morgan fingerprint density at radius 3 is 2.77 bits per heavy atom. The zero-order valence-electron chi connectivity index (χ0n) is 12.4. The van der Waals surface area contributed by atoms with Crippen molar-refractivity contribution in [2.45, 2.75) is 12.8 Å². The van der Waals surface area contributed by atoms with Crippen LogP contribution in [0.1, 0.15) is 12.0 Å². The lowest BCUT2D eigenvalue weighted by molar-refractivity contribution is 0.414. The van der Waals surface area contributed by atoms with Crippen molar-refractivity contribution in [2.24, 2.45) is 0 Å². The fourth-order valence-corrected chi connectivity index (χ4v) is 2.45. The highest BCUT2D eigenvalue weighted by Gasteiger charge is 2.01. The molecule has 0 unspecified atom stereocenters. The van der Waals surface area contributed by atoms with Crippen LogP contribution in [-0.2, 0) is 6.42 Å². The number of nitrogens with one attached hydrogen (secondary N) is 2. The topological polar surface area (TPSA) is 33.3 Å². The van der Waals surface area contributed by atoms with Crippen LogP contribution in [0.3, 0.4) is 0 Å². The van der Waals surface area contributed by atoms with E-state index in [1.165, 1.54) is 5.56 Å². The summed E-state index contributed by atoms with van der Waals surface area (Å²) in [4.78, 5) is 0. The molecule has 2 N–H and O–H groups in total. The molecule has 0 fully saturated rings. The van der Waals surface area contributed by atoms with Crippen LogP contribution in [0.25, 0.3) is 0 Å². The van der Waals surface area contributed by atoms with E-state index in [1.807, 2.05) is 36.4 Å². The number of aryl methyl sites for hydroxylation is 1. The molecule has 0 aromatic heterocycles. The number of rotatable bonds is 6. The van der Waals surface area contributed by atoms with Gasteiger partial charge in [-0.05, 0) is 54.9 Å². The predicted octanol–water partition coefficient (Wildman–Crippen LogP) is 4.27. The summed E-state index contributed by atoms with van der Waals surface area (Å²) in [5.74, 6) is 0.890. The molecule has 3 nitrogen and oxygen atoms in total. The van der Waals surface area contributed by atoms with Gasteiger partial charge in [0.15, 0.2) is 5.11 Å². The van der Waals surface area contributed by atoms with Gasteiger partial charge in [-0.1, -0.05) is 35.9 Å². The van der Waals surface area contributed by atoms with Gasteiger partial charge in [-0.15, -0.1) is 0 Å². The zero-order chi connectivity index (χ0) is 15.8. The first kappa shape index (κ1) is 16.6. The Bertz CT molecular complexity index is 634. The van der Waals surface area contributed by atoms with E-state index >= 15 is 0 Å². The second kappa shape index (κ2) is 8.61. The maximum Gasteiger partial charge on any atom is 0.170 e. The van der Waals surface area contributed by atoms with Crippen LogP contribution >= 0.6 is 23.8 Å². The first-order chi connectivity index (χ1) is 10.7. The monoisotopic (exact) mass is 334 g/mol. The van der Waals surface area contributed by atoms with Gasteiger partial charge >= 0.3 is 0 Å². The van der Waals surface area contributed by atoms with E-state index < -0.39 is 0 Å². The second-order valence-corrected chi connectivity index (χ2v) is 5.63. The standard InChI is InChI=1S/C17H19ClN2OS/c1-21-14-8-4-6-13(12-14)7-5-11-19-17(22)20-16-10-3-2-9-15(16)18/h2-4,6,8-10,12H,5,7,11H2,1H3,(H2,19,20,22). The summed E-state index contributed by atoms with van der Waals surface area (Å²) in [6, 6.07) is 15.6. The number of para-hydroxylation sites is 1. The molecule has 0 saturated carbocycles. The van der Waals surface area contributed by atoms with E-state index in [1.54, 1.807) is 7.11 Å².